The lowest BCUT2D eigenvalue weighted by Crippen LogP contribution is -2.13. The van der Waals surface area contributed by atoms with Crippen LogP contribution in [0.1, 0.15) is 11.1 Å². The van der Waals surface area contributed by atoms with Gasteiger partial charge in [-0.2, -0.15) is 13.2 Å². The summed E-state index contributed by atoms with van der Waals surface area (Å²) >= 11 is 0. The summed E-state index contributed by atoms with van der Waals surface area (Å²) in [5, 5.41) is 0. The number of hydrogen-bond acceptors (Lipinski definition) is 7. The van der Waals surface area contributed by atoms with Crippen molar-refractivity contribution in [2.24, 2.45) is 10.7 Å². The van der Waals surface area contributed by atoms with Crippen LogP contribution in [-0.4, -0.2) is 39.5 Å². The van der Waals surface area contributed by atoms with E-state index in [0.717, 1.165) is 18.4 Å². The summed E-state index contributed by atoms with van der Waals surface area (Å²) in [6.45, 7) is -0.0607. The van der Waals surface area contributed by atoms with Crippen LogP contribution in [0.15, 0.2) is 77.6 Å². The van der Waals surface area contributed by atoms with Gasteiger partial charge < -0.3 is 15.2 Å². The van der Waals surface area contributed by atoms with Crippen LogP contribution in [-0.2, 0) is 22.8 Å². The zero-order valence-corrected chi connectivity index (χ0v) is 20.8. The number of aliphatic imine (C=N–C) groups is 1. The van der Waals surface area contributed by atoms with Crippen LogP contribution < -0.4 is 19.9 Å². The molecular weight excluding hydrogens is 509 g/mol. The lowest BCUT2D eigenvalue weighted by atomic mass is 10.1. The van der Waals surface area contributed by atoms with E-state index in [-0.39, 0.29) is 24.8 Å². The minimum Gasteiger partial charge on any atom is -0.489 e. The van der Waals surface area contributed by atoms with Crippen LogP contribution in [0.3, 0.4) is 0 Å². The van der Waals surface area contributed by atoms with Gasteiger partial charge in [-0.15, -0.1) is 0 Å². The summed E-state index contributed by atoms with van der Waals surface area (Å²) in [5.74, 6) is 0.444. The molecule has 3 N–H and O–H groups in total. The van der Waals surface area contributed by atoms with Crippen LogP contribution >= 0.6 is 0 Å². The summed E-state index contributed by atoms with van der Waals surface area (Å²) in [6, 6.07) is 13.2. The van der Waals surface area contributed by atoms with Gasteiger partial charge in [-0.1, -0.05) is 24.3 Å². The molecule has 0 atom stereocenters. The monoisotopic (exact) mass is 534 g/mol. The first-order chi connectivity index (χ1) is 17.5. The number of aromatic nitrogens is 1. The summed E-state index contributed by atoms with van der Waals surface area (Å²) in [6.07, 6.45) is 0.871. The van der Waals surface area contributed by atoms with Gasteiger partial charge in [-0.25, -0.2) is 13.4 Å². The minimum absolute atomic E-state index is 0.0114. The normalized spacial score (nSPS) is 12.5. The molecule has 0 saturated heterocycles. The van der Waals surface area contributed by atoms with Gasteiger partial charge >= 0.3 is 6.18 Å². The van der Waals surface area contributed by atoms with E-state index >= 15 is 0 Å². The molecule has 12 heteroatoms. The Hall–Kier alpha value is -4.06. The van der Waals surface area contributed by atoms with E-state index in [0.29, 0.717) is 28.0 Å². The fourth-order valence-corrected chi connectivity index (χ4v) is 3.76. The number of nitrogens with two attached hydrogens (primary N) is 1. The molecule has 0 aliphatic heterocycles. The van der Waals surface area contributed by atoms with E-state index < -0.39 is 21.8 Å². The Labute approximate surface area is 212 Å². The molecule has 0 fully saturated rings. The quantitative estimate of drug-likeness (QED) is 0.366. The van der Waals surface area contributed by atoms with Crippen molar-refractivity contribution in [3.63, 3.8) is 0 Å². The largest absolute Gasteiger partial charge is 0.489 e. The fraction of sp³-hybridized carbons (Fsp3) is 0.200. The Morgan fingerprint density at radius 2 is 1.86 bits per heavy atom. The van der Waals surface area contributed by atoms with Gasteiger partial charge in [0.2, 0.25) is 15.9 Å². The number of nitrogens with zero attached hydrogens (tertiary/aromatic N) is 2. The first-order valence-corrected chi connectivity index (χ1v) is 12.7. The number of benzene rings is 2. The standard InChI is InChI=1S/C25H25F3N4O4S/c1-30-13-18(12-29)16-36-24-23(32-37(2,33)34)11-20(14-31-24)19-6-4-8-22(10-19)35-15-17-5-3-7-21(9-17)25(26,27)28/h3-14,32H,15-16,29H2,1-2H3/b18-12+,30-13?. The summed E-state index contributed by atoms with van der Waals surface area (Å²) < 4.78 is 76.5. The number of pyridine rings is 1. The maximum Gasteiger partial charge on any atom is 0.416 e. The lowest BCUT2D eigenvalue weighted by molar-refractivity contribution is -0.137. The van der Waals surface area contributed by atoms with E-state index in [9.17, 15) is 21.6 Å². The molecule has 0 bridgehead atoms. The third-order valence-corrected chi connectivity index (χ3v) is 5.45. The van der Waals surface area contributed by atoms with E-state index in [1.807, 2.05) is 0 Å². The molecule has 0 aliphatic carbocycles. The predicted octanol–water partition coefficient (Wildman–Crippen LogP) is 4.64. The van der Waals surface area contributed by atoms with Crippen molar-refractivity contribution in [2.75, 3.05) is 24.6 Å². The van der Waals surface area contributed by atoms with E-state index in [4.69, 9.17) is 15.2 Å². The Balaban J connectivity index is 1.83. The van der Waals surface area contributed by atoms with E-state index in [1.54, 1.807) is 43.4 Å². The van der Waals surface area contributed by atoms with Crippen molar-refractivity contribution in [2.45, 2.75) is 12.8 Å². The number of rotatable bonds is 10. The van der Waals surface area contributed by atoms with E-state index in [2.05, 4.69) is 14.7 Å². The smallest absolute Gasteiger partial charge is 0.416 e. The highest BCUT2D eigenvalue weighted by Gasteiger charge is 2.30. The number of alkyl halides is 3. The van der Waals surface area contributed by atoms with E-state index in [1.165, 1.54) is 24.7 Å². The molecule has 2 aromatic carbocycles. The van der Waals surface area contributed by atoms with Crippen molar-refractivity contribution in [1.82, 2.24) is 4.98 Å². The van der Waals surface area contributed by atoms with Crippen molar-refractivity contribution < 1.29 is 31.1 Å². The van der Waals surface area contributed by atoms with Gasteiger partial charge in [0.25, 0.3) is 0 Å². The highest BCUT2D eigenvalue weighted by molar-refractivity contribution is 7.92. The number of halogens is 3. The average Bonchev–Trinajstić information content (AvgIpc) is 2.85. The van der Waals surface area contributed by atoms with Crippen molar-refractivity contribution in [3.8, 4) is 22.8 Å². The molecule has 0 unspecified atom stereocenters. The van der Waals surface area contributed by atoms with Gasteiger partial charge in [-0.3, -0.25) is 9.71 Å². The van der Waals surface area contributed by atoms with Crippen molar-refractivity contribution in [1.29, 1.82) is 0 Å². The molecule has 0 aliphatic rings. The van der Waals surface area contributed by atoms with Gasteiger partial charge in [-0.05, 0) is 41.5 Å². The second-order valence-corrected chi connectivity index (χ2v) is 9.63. The van der Waals surface area contributed by atoms with Crippen LogP contribution in [0.2, 0.25) is 0 Å². The SMILES string of the molecule is CN=C/C(=C\N)COc1ncc(-c2cccc(OCc3cccc(C(F)(F)F)c3)c2)cc1NS(C)(=O)=O. The van der Waals surface area contributed by atoms with Crippen molar-refractivity contribution in [3.05, 3.63) is 83.7 Å². The third-order valence-electron chi connectivity index (χ3n) is 4.86. The molecule has 1 aromatic heterocycles. The molecule has 0 amide bonds. The highest BCUT2D eigenvalue weighted by Crippen LogP contribution is 2.32. The molecule has 3 rings (SSSR count). The highest BCUT2D eigenvalue weighted by atomic mass is 32.2. The molecule has 1 heterocycles. The summed E-state index contributed by atoms with van der Waals surface area (Å²) in [4.78, 5) is 8.12. The lowest BCUT2D eigenvalue weighted by Gasteiger charge is -2.14. The van der Waals surface area contributed by atoms with Crippen LogP contribution in [0.4, 0.5) is 18.9 Å². The number of ether oxygens (including phenoxy) is 2. The first-order valence-electron chi connectivity index (χ1n) is 10.8. The Morgan fingerprint density at radius 3 is 2.54 bits per heavy atom. The van der Waals surface area contributed by atoms with Gasteiger partial charge in [0.05, 0.1) is 11.8 Å². The Bertz CT molecular complexity index is 1410. The van der Waals surface area contributed by atoms with Crippen LogP contribution in [0.5, 0.6) is 11.6 Å². The van der Waals surface area contributed by atoms with Gasteiger partial charge in [0, 0.05) is 36.8 Å². The third kappa shape index (κ3) is 8.24. The Morgan fingerprint density at radius 1 is 1.11 bits per heavy atom. The predicted molar refractivity (Wildman–Crippen MR) is 136 cm³/mol. The zero-order valence-electron chi connectivity index (χ0n) is 20.0. The second kappa shape index (κ2) is 11.8. The number of hydrogen-bond donors (Lipinski definition) is 2. The van der Waals surface area contributed by atoms with Crippen LogP contribution in [0, 0.1) is 0 Å². The first kappa shape index (κ1) is 27.5. The summed E-state index contributed by atoms with van der Waals surface area (Å²) in [5.41, 5.74) is 7.01. The second-order valence-electron chi connectivity index (χ2n) is 7.88. The zero-order chi connectivity index (χ0) is 27.1. The Kier molecular flexibility index (Phi) is 8.77. The van der Waals surface area contributed by atoms with Gasteiger partial charge in [0.15, 0.2) is 0 Å². The number of nitrogens with one attached hydrogen (secondary N) is 1. The summed E-state index contributed by atoms with van der Waals surface area (Å²) in [7, 11) is -2.08. The fourth-order valence-electron chi connectivity index (χ4n) is 3.21. The number of anilines is 1. The molecule has 3 aromatic rings. The maximum absolute atomic E-state index is 13.0. The maximum atomic E-state index is 13.0. The van der Waals surface area contributed by atoms with Gasteiger partial charge in [0.1, 0.15) is 24.7 Å². The molecule has 196 valence electrons. The number of sulfonamides is 1. The minimum atomic E-state index is -4.44. The molecule has 0 radical (unpaired) electrons. The average molecular weight is 535 g/mol. The molecule has 0 saturated carbocycles. The molecule has 8 nitrogen and oxygen atoms in total. The molecular formula is C25H25F3N4O4S. The molecule has 37 heavy (non-hydrogen) atoms. The van der Waals surface area contributed by atoms with Crippen LogP contribution in [0.25, 0.3) is 11.1 Å². The topological polar surface area (TPSA) is 116 Å². The molecule has 0 spiro atoms. The van der Waals surface area contributed by atoms with Crippen molar-refractivity contribution >= 4 is 21.9 Å².